The van der Waals surface area contributed by atoms with Crippen molar-refractivity contribution in [3.05, 3.63) is 54.6 Å². The van der Waals surface area contributed by atoms with Crippen LogP contribution in [0.2, 0.25) is 0 Å². The summed E-state index contributed by atoms with van der Waals surface area (Å²) >= 11 is 0. The Balaban J connectivity index is 1.62. The minimum atomic E-state index is -0.323. The highest BCUT2D eigenvalue weighted by Crippen LogP contribution is 2.19. The van der Waals surface area contributed by atoms with Crippen LogP contribution in [0.1, 0.15) is 30.4 Å². The third-order valence-electron chi connectivity index (χ3n) is 3.86. The number of anilines is 1. The molecule has 0 unspecified atom stereocenters. The molecule has 0 saturated carbocycles. The van der Waals surface area contributed by atoms with Gasteiger partial charge in [0, 0.05) is 11.4 Å². The lowest BCUT2D eigenvalue weighted by atomic mass is 10.3. The predicted molar refractivity (Wildman–Crippen MR) is 95.4 cm³/mol. The summed E-state index contributed by atoms with van der Waals surface area (Å²) in [5, 5.41) is 8.01. The number of amides is 1. The standard InChI is InChI=1S/C18H16N6O/c1-11(2)24-17-12(8-21-24)7-13(9-20-17)22-18(25)16-10-19-14-5-3-4-6-15(14)23-16/h3-11H,1-2H3,(H,22,25). The molecular weight excluding hydrogens is 316 g/mol. The van der Waals surface area contributed by atoms with Crippen molar-refractivity contribution in [2.75, 3.05) is 5.32 Å². The zero-order valence-electron chi connectivity index (χ0n) is 13.8. The summed E-state index contributed by atoms with van der Waals surface area (Å²) in [5.41, 5.74) is 3.08. The van der Waals surface area contributed by atoms with Crippen LogP contribution in [0.3, 0.4) is 0 Å². The van der Waals surface area contributed by atoms with Crippen molar-refractivity contribution in [2.45, 2.75) is 19.9 Å². The van der Waals surface area contributed by atoms with Gasteiger partial charge in [0.2, 0.25) is 0 Å². The third kappa shape index (κ3) is 2.80. The molecule has 7 heteroatoms. The lowest BCUT2D eigenvalue weighted by Crippen LogP contribution is -2.14. The Morgan fingerprint density at radius 2 is 1.88 bits per heavy atom. The number of carbonyl (C=O) groups is 1. The van der Waals surface area contributed by atoms with E-state index >= 15 is 0 Å². The van der Waals surface area contributed by atoms with Crippen LogP contribution in [0.25, 0.3) is 22.1 Å². The van der Waals surface area contributed by atoms with Gasteiger partial charge in [-0.1, -0.05) is 12.1 Å². The van der Waals surface area contributed by atoms with Crippen LogP contribution in [0, 0.1) is 0 Å². The Morgan fingerprint density at radius 1 is 1.08 bits per heavy atom. The number of para-hydroxylation sites is 2. The Kier molecular flexibility index (Phi) is 3.61. The van der Waals surface area contributed by atoms with E-state index in [0.29, 0.717) is 11.2 Å². The summed E-state index contributed by atoms with van der Waals surface area (Å²) in [6, 6.07) is 9.50. The van der Waals surface area contributed by atoms with Crippen molar-refractivity contribution in [3.63, 3.8) is 0 Å². The van der Waals surface area contributed by atoms with Crippen molar-refractivity contribution >= 4 is 33.7 Å². The summed E-state index contributed by atoms with van der Waals surface area (Å²) in [7, 11) is 0. The first-order valence-electron chi connectivity index (χ1n) is 7.98. The Labute approximate surface area is 143 Å². The van der Waals surface area contributed by atoms with E-state index in [-0.39, 0.29) is 17.6 Å². The summed E-state index contributed by atoms with van der Waals surface area (Å²) in [6.07, 6.45) is 4.84. The van der Waals surface area contributed by atoms with E-state index in [0.717, 1.165) is 16.6 Å². The van der Waals surface area contributed by atoms with Gasteiger partial charge in [0.1, 0.15) is 5.69 Å². The predicted octanol–water partition coefficient (Wildman–Crippen LogP) is 3.21. The molecule has 0 saturated heterocycles. The smallest absolute Gasteiger partial charge is 0.275 e. The fourth-order valence-electron chi connectivity index (χ4n) is 2.65. The van der Waals surface area contributed by atoms with Gasteiger partial charge in [-0.2, -0.15) is 5.10 Å². The summed E-state index contributed by atoms with van der Waals surface area (Å²) in [4.78, 5) is 25.5. The second-order valence-corrected chi connectivity index (χ2v) is 6.02. The van der Waals surface area contributed by atoms with Gasteiger partial charge >= 0.3 is 0 Å². The van der Waals surface area contributed by atoms with E-state index in [1.54, 1.807) is 12.4 Å². The molecule has 0 atom stereocenters. The molecule has 0 fully saturated rings. The number of nitrogens with one attached hydrogen (secondary N) is 1. The van der Waals surface area contributed by atoms with E-state index in [2.05, 4.69) is 25.4 Å². The number of hydrogen-bond acceptors (Lipinski definition) is 5. The lowest BCUT2D eigenvalue weighted by molar-refractivity contribution is 0.102. The number of hydrogen-bond donors (Lipinski definition) is 1. The summed E-state index contributed by atoms with van der Waals surface area (Å²) in [6.45, 7) is 4.09. The molecule has 3 aromatic heterocycles. The Hall–Kier alpha value is -3.35. The molecule has 124 valence electrons. The Morgan fingerprint density at radius 3 is 2.68 bits per heavy atom. The number of rotatable bonds is 3. The maximum Gasteiger partial charge on any atom is 0.275 e. The van der Waals surface area contributed by atoms with E-state index < -0.39 is 0 Å². The van der Waals surface area contributed by atoms with Crippen molar-refractivity contribution in [3.8, 4) is 0 Å². The normalized spacial score (nSPS) is 11.3. The fourth-order valence-corrected chi connectivity index (χ4v) is 2.65. The SMILES string of the molecule is CC(C)n1ncc2cc(NC(=O)c3cnc4ccccc4n3)cnc21. The first kappa shape index (κ1) is 15.2. The van der Waals surface area contributed by atoms with Crippen LogP contribution < -0.4 is 5.32 Å². The van der Waals surface area contributed by atoms with Gasteiger partial charge < -0.3 is 5.32 Å². The molecule has 0 aliphatic rings. The maximum atomic E-state index is 12.4. The number of pyridine rings is 1. The molecule has 1 aromatic carbocycles. The fraction of sp³-hybridized carbons (Fsp3) is 0.167. The van der Waals surface area contributed by atoms with Gasteiger partial charge in [-0.3, -0.25) is 9.78 Å². The minimum Gasteiger partial charge on any atom is -0.319 e. The minimum absolute atomic E-state index is 0.221. The first-order valence-corrected chi connectivity index (χ1v) is 7.98. The molecule has 3 heterocycles. The number of benzene rings is 1. The molecule has 0 aliphatic carbocycles. The largest absolute Gasteiger partial charge is 0.319 e. The molecule has 4 rings (SSSR count). The van der Waals surface area contributed by atoms with E-state index in [1.165, 1.54) is 6.20 Å². The number of aromatic nitrogens is 5. The van der Waals surface area contributed by atoms with Gasteiger partial charge in [0.05, 0.1) is 35.3 Å². The average molecular weight is 332 g/mol. The zero-order valence-corrected chi connectivity index (χ0v) is 13.8. The highest BCUT2D eigenvalue weighted by atomic mass is 16.1. The molecule has 1 N–H and O–H groups in total. The van der Waals surface area contributed by atoms with Crippen LogP contribution in [-0.4, -0.2) is 30.6 Å². The molecule has 1 amide bonds. The van der Waals surface area contributed by atoms with Gasteiger partial charge in [-0.25, -0.2) is 14.6 Å². The van der Waals surface area contributed by atoms with Gasteiger partial charge in [-0.05, 0) is 32.0 Å². The molecule has 0 bridgehead atoms. The monoisotopic (exact) mass is 332 g/mol. The van der Waals surface area contributed by atoms with Crippen molar-refractivity contribution < 1.29 is 4.79 Å². The van der Waals surface area contributed by atoms with Crippen LogP contribution in [0.4, 0.5) is 5.69 Å². The van der Waals surface area contributed by atoms with Crippen LogP contribution >= 0.6 is 0 Å². The number of carbonyl (C=O) groups excluding carboxylic acids is 1. The quantitative estimate of drug-likeness (QED) is 0.622. The van der Waals surface area contributed by atoms with E-state index in [9.17, 15) is 4.79 Å². The first-order chi connectivity index (χ1) is 12.1. The summed E-state index contributed by atoms with van der Waals surface area (Å²) in [5.74, 6) is -0.323. The second kappa shape index (κ2) is 5.94. The molecule has 0 aliphatic heterocycles. The van der Waals surface area contributed by atoms with Crippen molar-refractivity contribution in [1.82, 2.24) is 24.7 Å². The Bertz CT molecular complexity index is 1090. The van der Waals surface area contributed by atoms with Crippen LogP contribution in [0.5, 0.6) is 0 Å². The lowest BCUT2D eigenvalue weighted by Gasteiger charge is -2.07. The van der Waals surface area contributed by atoms with Crippen molar-refractivity contribution in [1.29, 1.82) is 0 Å². The van der Waals surface area contributed by atoms with Crippen molar-refractivity contribution in [2.24, 2.45) is 0 Å². The molecular formula is C18H16N6O. The highest BCUT2D eigenvalue weighted by molar-refractivity contribution is 6.04. The molecule has 0 spiro atoms. The highest BCUT2D eigenvalue weighted by Gasteiger charge is 2.12. The van der Waals surface area contributed by atoms with Gasteiger partial charge in [0.25, 0.3) is 5.91 Å². The topological polar surface area (TPSA) is 85.6 Å². The average Bonchev–Trinajstić information content (AvgIpc) is 3.04. The van der Waals surface area contributed by atoms with Crippen LogP contribution in [0.15, 0.2) is 48.9 Å². The van der Waals surface area contributed by atoms with E-state index in [1.807, 2.05) is 48.9 Å². The van der Waals surface area contributed by atoms with E-state index in [4.69, 9.17) is 0 Å². The number of fused-ring (bicyclic) bond motifs is 2. The zero-order chi connectivity index (χ0) is 17.4. The number of nitrogens with zero attached hydrogens (tertiary/aromatic N) is 5. The second-order valence-electron chi connectivity index (χ2n) is 6.02. The molecule has 7 nitrogen and oxygen atoms in total. The maximum absolute atomic E-state index is 12.4. The summed E-state index contributed by atoms with van der Waals surface area (Å²) < 4.78 is 1.84. The van der Waals surface area contributed by atoms with Crippen LogP contribution in [-0.2, 0) is 0 Å². The molecule has 25 heavy (non-hydrogen) atoms. The van der Waals surface area contributed by atoms with Gasteiger partial charge in [-0.15, -0.1) is 0 Å². The molecule has 0 radical (unpaired) electrons. The third-order valence-corrected chi connectivity index (χ3v) is 3.86. The molecule has 4 aromatic rings. The van der Waals surface area contributed by atoms with Gasteiger partial charge in [0.15, 0.2) is 5.65 Å².